The summed E-state index contributed by atoms with van der Waals surface area (Å²) in [6.07, 6.45) is 1.41. The summed E-state index contributed by atoms with van der Waals surface area (Å²) in [6.45, 7) is 9.18. The molecule has 0 aliphatic carbocycles. The van der Waals surface area contributed by atoms with Gasteiger partial charge in [-0.15, -0.1) is 0 Å². The number of carboxylic acids is 1. The first kappa shape index (κ1) is 14.8. The van der Waals surface area contributed by atoms with Crippen LogP contribution in [0, 0.1) is 11.3 Å². The van der Waals surface area contributed by atoms with E-state index in [0.29, 0.717) is 25.4 Å². The molecule has 1 aliphatic rings. The van der Waals surface area contributed by atoms with E-state index in [0.717, 1.165) is 6.42 Å². The molecule has 1 fully saturated rings. The van der Waals surface area contributed by atoms with Gasteiger partial charge in [0.15, 0.2) is 0 Å². The number of piperidine rings is 1. The zero-order chi connectivity index (χ0) is 13.9. The third kappa shape index (κ3) is 4.20. The molecule has 0 spiro atoms. The molecule has 1 rings (SSSR count). The Hall–Kier alpha value is -1.26. The maximum absolute atomic E-state index is 12.0. The minimum atomic E-state index is -0.910. The Labute approximate surface area is 109 Å². The Morgan fingerprint density at radius 3 is 2.50 bits per heavy atom. The van der Waals surface area contributed by atoms with Crippen molar-refractivity contribution in [1.29, 1.82) is 0 Å². The van der Waals surface area contributed by atoms with Crippen LogP contribution in [0.25, 0.3) is 0 Å². The molecule has 0 saturated carbocycles. The number of nitrogens with one attached hydrogen (secondary N) is 1. The van der Waals surface area contributed by atoms with E-state index in [1.807, 2.05) is 27.7 Å². The third-order valence-electron chi connectivity index (χ3n) is 3.18. The van der Waals surface area contributed by atoms with Crippen molar-refractivity contribution in [2.45, 2.75) is 46.6 Å². The minimum Gasteiger partial charge on any atom is -0.480 e. The monoisotopic (exact) mass is 256 g/mol. The van der Waals surface area contributed by atoms with Crippen molar-refractivity contribution in [3.8, 4) is 0 Å². The largest absolute Gasteiger partial charge is 0.480 e. The van der Waals surface area contributed by atoms with Gasteiger partial charge in [-0.05, 0) is 24.2 Å². The fourth-order valence-electron chi connectivity index (χ4n) is 2.06. The van der Waals surface area contributed by atoms with E-state index in [4.69, 9.17) is 0 Å². The van der Waals surface area contributed by atoms with Crippen LogP contribution in [0.3, 0.4) is 0 Å². The first-order valence-corrected chi connectivity index (χ1v) is 6.48. The fraction of sp³-hybridized carbons (Fsp3) is 0.846. The number of amides is 2. The van der Waals surface area contributed by atoms with Crippen LogP contribution in [0.1, 0.15) is 40.5 Å². The molecule has 0 aromatic carbocycles. The zero-order valence-corrected chi connectivity index (χ0v) is 11.7. The summed E-state index contributed by atoms with van der Waals surface area (Å²) in [4.78, 5) is 24.7. The molecule has 104 valence electrons. The summed E-state index contributed by atoms with van der Waals surface area (Å²) in [5, 5.41) is 12.0. The Bertz CT molecular complexity index is 323. The first-order valence-electron chi connectivity index (χ1n) is 6.48. The van der Waals surface area contributed by atoms with Gasteiger partial charge in [-0.2, -0.15) is 0 Å². The highest BCUT2D eigenvalue weighted by Gasteiger charge is 2.34. The van der Waals surface area contributed by atoms with Crippen molar-refractivity contribution in [1.82, 2.24) is 10.2 Å². The molecule has 1 heterocycles. The number of carbonyl (C=O) groups is 2. The van der Waals surface area contributed by atoms with Gasteiger partial charge in [0.05, 0.1) is 0 Å². The third-order valence-corrected chi connectivity index (χ3v) is 3.18. The summed E-state index contributed by atoms with van der Waals surface area (Å²) in [7, 11) is 0. The van der Waals surface area contributed by atoms with Gasteiger partial charge in [-0.1, -0.05) is 27.7 Å². The molecule has 2 unspecified atom stereocenters. The average Bonchev–Trinajstić information content (AvgIpc) is 2.24. The first-order chi connectivity index (χ1) is 8.20. The molecule has 5 heteroatoms. The van der Waals surface area contributed by atoms with Crippen LogP contribution in [-0.4, -0.2) is 41.1 Å². The summed E-state index contributed by atoms with van der Waals surface area (Å²) < 4.78 is 0. The second kappa shape index (κ2) is 5.59. The maximum Gasteiger partial charge on any atom is 0.326 e. The van der Waals surface area contributed by atoms with E-state index < -0.39 is 12.0 Å². The van der Waals surface area contributed by atoms with Crippen LogP contribution in [-0.2, 0) is 4.79 Å². The van der Waals surface area contributed by atoms with Gasteiger partial charge in [0.2, 0.25) is 0 Å². The molecule has 1 saturated heterocycles. The van der Waals surface area contributed by atoms with E-state index >= 15 is 0 Å². The van der Waals surface area contributed by atoms with Crippen molar-refractivity contribution >= 4 is 12.0 Å². The van der Waals surface area contributed by atoms with Gasteiger partial charge in [0.1, 0.15) is 6.04 Å². The second-order valence-corrected chi connectivity index (χ2v) is 6.40. The lowest BCUT2D eigenvalue weighted by molar-refractivity contribution is -0.143. The van der Waals surface area contributed by atoms with Crippen LogP contribution in [0.2, 0.25) is 0 Å². The molecule has 0 aromatic heterocycles. The molecule has 5 nitrogen and oxygen atoms in total. The van der Waals surface area contributed by atoms with Gasteiger partial charge in [0, 0.05) is 13.1 Å². The van der Waals surface area contributed by atoms with E-state index in [1.54, 1.807) is 0 Å². The standard InChI is InChI=1S/C13H24N2O3/c1-9-5-6-15(10(7-9)11(16)17)12(18)14-8-13(2,3)4/h9-10H,5-8H2,1-4H3,(H,14,18)(H,16,17). The predicted octanol–water partition coefficient (Wildman–Crippen LogP) is 1.93. The van der Waals surface area contributed by atoms with E-state index in [2.05, 4.69) is 5.32 Å². The average molecular weight is 256 g/mol. The summed E-state index contributed by atoms with van der Waals surface area (Å²) in [5.41, 5.74) is -0.00252. The molecule has 18 heavy (non-hydrogen) atoms. The van der Waals surface area contributed by atoms with Crippen molar-refractivity contribution in [3.63, 3.8) is 0 Å². The summed E-state index contributed by atoms with van der Waals surface area (Å²) >= 11 is 0. The molecule has 0 bridgehead atoms. The molecular weight excluding hydrogens is 232 g/mol. The van der Waals surface area contributed by atoms with Gasteiger partial charge in [-0.25, -0.2) is 9.59 Å². The van der Waals surface area contributed by atoms with Crippen LogP contribution in [0.5, 0.6) is 0 Å². The molecule has 2 atom stereocenters. The van der Waals surface area contributed by atoms with E-state index in [1.165, 1.54) is 4.90 Å². The number of likely N-dealkylation sites (tertiary alicyclic amines) is 1. The number of rotatable bonds is 2. The van der Waals surface area contributed by atoms with Crippen molar-refractivity contribution in [3.05, 3.63) is 0 Å². The van der Waals surface area contributed by atoms with Crippen LogP contribution < -0.4 is 5.32 Å². The summed E-state index contributed by atoms with van der Waals surface area (Å²) in [5.74, 6) is -0.551. The lowest BCUT2D eigenvalue weighted by Gasteiger charge is -2.36. The van der Waals surface area contributed by atoms with Crippen molar-refractivity contribution < 1.29 is 14.7 Å². The number of hydrogen-bond acceptors (Lipinski definition) is 2. The Balaban J connectivity index is 2.62. The predicted molar refractivity (Wildman–Crippen MR) is 69.4 cm³/mol. The number of carbonyl (C=O) groups excluding carboxylic acids is 1. The van der Waals surface area contributed by atoms with Gasteiger partial charge < -0.3 is 15.3 Å². The Kier molecular flexibility index (Phi) is 4.59. The summed E-state index contributed by atoms with van der Waals surface area (Å²) in [6, 6.07) is -0.946. The second-order valence-electron chi connectivity index (χ2n) is 6.40. The number of urea groups is 1. The topological polar surface area (TPSA) is 69.6 Å². The quantitative estimate of drug-likeness (QED) is 0.793. The van der Waals surface area contributed by atoms with Crippen LogP contribution >= 0.6 is 0 Å². The number of hydrogen-bond donors (Lipinski definition) is 2. The highest BCUT2D eigenvalue weighted by Crippen LogP contribution is 2.23. The molecule has 0 radical (unpaired) electrons. The highest BCUT2D eigenvalue weighted by atomic mass is 16.4. The van der Waals surface area contributed by atoms with Crippen molar-refractivity contribution in [2.75, 3.05) is 13.1 Å². The number of carboxylic acid groups (broad SMARTS) is 1. The fourth-order valence-corrected chi connectivity index (χ4v) is 2.06. The maximum atomic E-state index is 12.0. The molecule has 0 aromatic rings. The van der Waals surface area contributed by atoms with E-state index in [-0.39, 0.29) is 11.4 Å². The Morgan fingerprint density at radius 2 is 2.00 bits per heavy atom. The SMILES string of the molecule is CC1CCN(C(=O)NCC(C)(C)C)C(C(=O)O)C1. The zero-order valence-electron chi connectivity index (χ0n) is 11.7. The smallest absolute Gasteiger partial charge is 0.326 e. The number of nitrogens with zero attached hydrogens (tertiary/aromatic N) is 1. The van der Waals surface area contributed by atoms with Gasteiger partial charge in [-0.3, -0.25) is 0 Å². The molecule has 2 amide bonds. The normalized spacial score (nSPS) is 24.8. The molecular formula is C13H24N2O3. The van der Waals surface area contributed by atoms with Crippen LogP contribution in [0.4, 0.5) is 4.79 Å². The van der Waals surface area contributed by atoms with Gasteiger partial charge >= 0.3 is 12.0 Å². The molecule has 2 N–H and O–H groups in total. The lowest BCUT2D eigenvalue weighted by Crippen LogP contribution is -2.54. The van der Waals surface area contributed by atoms with E-state index in [9.17, 15) is 14.7 Å². The van der Waals surface area contributed by atoms with Crippen LogP contribution in [0.15, 0.2) is 0 Å². The van der Waals surface area contributed by atoms with Crippen molar-refractivity contribution in [2.24, 2.45) is 11.3 Å². The highest BCUT2D eigenvalue weighted by molar-refractivity contribution is 5.82. The lowest BCUT2D eigenvalue weighted by atomic mass is 9.92. The molecule has 1 aliphatic heterocycles. The number of aliphatic carboxylic acids is 1. The van der Waals surface area contributed by atoms with Gasteiger partial charge in [0.25, 0.3) is 0 Å². The Morgan fingerprint density at radius 1 is 1.39 bits per heavy atom. The minimum absolute atomic E-state index is 0.00252.